The molecule has 0 aliphatic carbocycles. The summed E-state index contributed by atoms with van der Waals surface area (Å²) >= 11 is 1.56. The van der Waals surface area contributed by atoms with E-state index in [1.54, 1.807) is 17.8 Å². The molecule has 0 aliphatic heterocycles. The summed E-state index contributed by atoms with van der Waals surface area (Å²) in [6.07, 6.45) is 4.02. The maximum Gasteiger partial charge on any atom is 0.211 e. The van der Waals surface area contributed by atoms with E-state index < -0.39 is 0 Å². The topological polar surface area (TPSA) is 46.3 Å². The van der Waals surface area contributed by atoms with Crippen molar-refractivity contribution in [2.45, 2.75) is 32.1 Å². The summed E-state index contributed by atoms with van der Waals surface area (Å²) in [6.45, 7) is 6.09. The average molecular weight is 332 g/mol. The molecule has 1 atom stereocenters. The third-order valence-corrected chi connectivity index (χ3v) is 4.58. The van der Waals surface area contributed by atoms with Crippen LogP contribution in [0.3, 0.4) is 0 Å². The summed E-state index contributed by atoms with van der Waals surface area (Å²) in [7, 11) is 0. The third-order valence-electron chi connectivity index (χ3n) is 3.62. The van der Waals surface area contributed by atoms with Crippen LogP contribution >= 0.6 is 11.8 Å². The molecule has 0 bridgehead atoms. The Morgan fingerprint density at radius 3 is 2.43 bits per heavy atom. The average Bonchev–Trinajstić information content (AvgIpc) is 3.06. The molecule has 0 fully saturated rings. The fourth-order valence-electron chi connectivity index (χ4n) is 2.60. The molecule has 23 heavy (non-hydrogen) atoms. The zero-order chi connectivity index (χ0) is 16.7. The summed E-state index contributed by atoms with van der Waals surface area (Å²) in [4.78, 5) is 15.1. The number of carbonyl (C=O) groups is 1. The Morgan fingerprint density at radius 1 is 1.22 bits per heavy atom. The molecule has 2 rings (SSSR count). The van der Waals surface area contributed by atoms with Gasteiger partial charge in [-0.25, -0.2) is 0 Å². The van der Waals surface area contributed by atoms with Gasteiger partial charge in [0.15, 0.2) is 11.5 Å². The van der Waals surface area contributed by atoms with E-state index in [4.69, 9.17) is 4.52 Å². The van der Waals surface area contributed by atoms with Crippen molar-refractivity contribution >= 4 is 17.5 Å². The second kappa shape index (κ2) is 8.89. The number of rotatable bonds is 9. The van der Waals surface area contributed by atoms with Crippen LogP contribution in [0.15, 0.2) is 40.9 Å². The van der Waals surface area contributed by atoms with Crippen molar-refractivity contribution in [3.63, 3.8) is 0 Å². The molecule has 0 amide bonds. The van der Waals surface area contributed by atoms with Crippen LogP contribution in [0.5, 0.6) is 0 Å². The monoisotopic (exact) mass is 332 g/mol. The van der Waals surface area contributed by atoms with Gasteiger partial charge in [-0.05, 0) is 32.2 Å². The minimum Gasteiger partial charge on any atom is -0.356 e. The lowest BCUT2D eigenvalue weighted by Gasteiger charge is -2.28. The van der Waals surface area contributed by atoms with Gasteiger partial charge in [0, 0.05) is 11.6 Å². The molecule has 0 N–H and O–H groups in total. The van der Waals surface area contributed by atoms with Crippen LogP contribution in [0, 0.1) is 0 Å². The smallest absolute Gasteiger partial charge is 0.211 e. The standard InChI is InChI=1S/C18H24N2O2S/c1-4-11-20(12-5-2)18(23-3)17(21)15-13-16(22-19-15)14-9-7-6-8-10-14/h6-10,13,18H,4-5,11-12H2,1-3H3. The van der Waals surface area contributed by atoms with Gasteiger partial charge in [-0.1, -0.05) is 49.3 Å². The molecule has 4 nitrogen and oxygen atoms in total. The number of hydrogen-bond acceptors (Lipinski definition) is 5. The van der Waals surface area contributed by atoms with Crippen molar-refractivity contribution in [1.82, 2.24) is 10.1 Å². The summed E-state index contributed by atoms with van der Waals surface area (Å²) in [6, 6.07) is 11.5. The molecule has 0 radical (unpaired) electrons. The van der Waals surface area contributed by atoms with E-state index in [1.165, 1.54) is 0 Å². The molecule has 1 heterocycles. The van der Waals surface area contributed by atoms with Crippen molar-refractivity contribution in [3.05, 3.63) is 42.1 Å². The van der Waals surface area contributed by atoms with E-state index in [0.717, 1.165) is 31.5 Å². The van der Waals surface area contributed by atoms with Crippen molar-refractivity contribution in [2.24, 2.45) is 0 Å². The zero-order valence-corrected chi connectivity index (χ0v) is 14.8. The van der Waals surface area contributed by atoms with Gasteiger partial charge < -0.3 is 4.52 Å². The number of carbonyl (C=O) groups excluding carboxylic acids is 1. The number of ketones is 1. The molecule has 124 valence electrons. The first kappa shape index (κ1) is 17.8. The van der Waals surface area contributed by atoms with Crippen LogP contribution in [0.2, 0.25) is 0 Å². The Morgan fingerprint density at radius 2 is 1.87 bits per heavy atom. The molecule has 0 aliphatic rings. The first-order valence-electron chi connectivity index (χ1n) is 8.04. The van der Waals surface area contributed by atoms with Gasteiger partial charge in [0.1, 0.15) is 5.37 Å². The SMILES string of the molecule is CCCN(CCC)C(SC)C(=O)c1cc(-c2ccccc2)on1. The van der Waals surface area contributed by atoms with Crippen LogP contribution in [-0.4, -0.2) is 40.6 Å². The highest BCUT2D eigenvalue weighted by molar-refractivity contribution is 7.99. The van der Waals surface area contributed by atoms with Gasteiger partial charge >= 0.3 is 0 Å². The van der Waals surface area contributed by atoms with Crippen LogP contribution in [0.4, 0.5) is 0 Å². The highest BCUT2D eigenvalue weighted by Gasteiger charge is 2.27. The summed E-state index contributed by atoms with van der Waals surface area (Å²) in [5, 5.41) is 3.79. The number of hydrogen-bond donors (Lipinski definition) is 0. The van der Waals surface area contributed by atoms with Gasteiger partial charge in [-0.2, -0.15) is 0 Å². The zero-order valence-electron chi connectivity index (χ0n) is 14.0. The molecule has 5 heteroatoms. The maximum atomic E-state index is 12.8. The first-order valence-corrected chi connectivity index (χ1v) is 9.33. The lowest BCUT2D eigenvalue weighted by atomic mass is 10.1. The van der Waals surface area contributed by atoms with Crippen molar-refractivity contribution in [3.8, 4) is 11.3 Å². The molecule has 1 aromatic carbocycles. The van der Waals surface area contributed by atoms with Crippen LogP contribution in [0.1, 0.15) is 37.2 Å². The predicted octanol–water partition coefficient (Wildman–Crippen LogP) is 4.34. The lowest BCUT2D eigenvalue weighted by Crippen LogP contribution is -2.40. The number of aromatic nitrogens is 1. The summed E-state index contributed by atoms with van der Waals surface area (Å²) in [5.41, 5.74) is 1.33. The quantitative estimate of drug-likeness (QED) is 0.505. The highest BCUT2D eigenvalue weighted by Crippen LogP contribution is 2.23. The highest BCUT2D eigenvalue weighted by atomic mass is 32.2. The predicted molar refractivity (Wildman–Crippen MR) is 95.7 cm³/mol. The van der Waals surface area contributed by atoms with Gasteiger partial charge in [-0.3, -0.25) is 9.69 Å². The largest absolute Gasteiger partial charge is 0.356 e. The minimum absolute atomic E-state index is 0.0188. The Bertz CT molecular complexity index is 606. The minimum atomic E-state index is -0.205. The van der Waals surface area contributed by atoms with Gasteiger partial charge in [-0.15, -0.1) is 11.8 Å². The Labute approximate surface area is 142 Å². The second-order valence-electron chi connectivity index (χ2n) is 5.43. The van der Waals surface area contributed by atoms with Crippen molar-refractivity contribution < 1.29 is 9.32 Å². The number of Topliss-reactive ketones (excluding diaryl/α,β-unsaturated/α-hetero) is 1. The van der Waals surface area contributed by atoms with E-state index in [9.17, 15) is 4.79 Å². The van der Waals surface area contributed by atoms with E-state index in [2.05, 4.69) is 23.9 Å². The molecule has 1 unspecified atom stereocenters. The molecule has 0 saturated carbocycles. The van der Waals surface area contributed by atoms with Gasteiger partial charge in [0.05, 0.1) is 0 Å². The van der Waals surface area contributed by atoms with E-state index in [-0.39, 0.29) is 11.2 Å². The first-order chi connectivity index (χ1) is 11.2. The summed E-state index contributed by atoms with van der Waals surface area (Å²) in [5.74, 6) is 0.650. The maximum absolute atomic E-state index is 12.8. The Hall–Kier alpha value is -1.59. The molecule has 2 aromatic rings. The van der Waals surface area contributed by atoms with Crippen LogP contribution < -0.4 is 0 Å². The molecule has 1 aromatic heterocycles. The molecular formula is C18H24N2O2S. The molecular weight excluding hydrogens is 308 g/mol. The third kappa shape index (κ3) is 4.45. The fourth-order valence-corrected chi connectivity index (χ4v) is 3.44. The Kier molecular flexibility index (Phi) is 6.86. The fraction of sp³-hybridized carbons (Fsp3) is 0.444. The van der Waals surface area contributed by atoms with Gasteiger partial charge in [0.25, 0.3) is 0 Å². The Balaban J connectivity index is 2.19. The van der Waals surface area contributed by atoms with E-state index in [1.807, 2.05) is 36.6 Å². The lowest BCUT2D eigenvalue weighted by molar-refractivity contribution is 0.0895. The normalized spacial score (nSPS) is 12.5. The number of thioether (sulfide) groups is 1. The van der Waals surface area contributed by atoms with Crippen LogP contribution in [0.25, 0.3) is 11.3 Å². The van der Waals surface area contributed by atoms with Crippen LogP contribution in [-0.2, 0) is 0 Å². The summed E-state index contributed by atoms with van der Waals surface area (Å²) < 4.78 is 5.37. The molecule has 0 spiro atoms. The van der Waals surface area contributed by atoms with Crippen molar-refractivity contribution in [2.75, 3.05) is 19.3 Å². The van der Waals surface area contributed by atoms with E-state index >= 15 is 0 Å². The van der Waals surface area contributed by atoms with Gasteiger partial charge in [0.2, 0.25) is 5.78 Å². The van der Waals surface area contributed by atoms with Crippen molar-refractivity contribution in [1.29, 1.82) is 0 Å². The van der Waals surface area contributed by atoms with E-state index in [0.29, 0.717) is 11.5 Å². The number of nitrogens with zero attached hydrogens (tertiary/aromatic N) is 2. The second-order valence-corrected chi connectivity index (χ2v) is 6.35. The molecule has 0 saturated heterocycles. The number of benzene rings is 1.